The molecule has 0 aliphatic carbocycles. The lowest BCUT2D eigenvalue weighted by Gasteiger charge is -2.23. The summed E-state index contributed by atoms with van der Waals surface area (Å²) in [5.41, 5.74) is 10.2. The first-order valence-electron chi connectivity index (χ1n) is 11.2. The number of aliphatic hydroxyl groups is 1. The van der Waals surface area contributed by atoms with Gasteiger partial charge in [0, 0.05) is 52.1 Å². The number of fused-ring (bicyclic) bond motifs is 1. The normalized spacial score (nSPS) is 11.8. The lowest BCUT2D eigenvalue weighted by atomic mass is 9.88. The van der Waals surface area contributed by atoms with E-state index < -0.39 is 5.91 Å². The van der Waals surface area contributed by atoms with Gasteiger partial charge in [-0.15, -0.1) is 0 Å². The zero-order valence-electron chi connectivity index (χ0n) is 19.2. The topological polar surface area (TPSA) is 101 Å². The third-order valence-corrected chi connectivity index (χ3v) is 5.55. The Balaban J connectivity index is 1.82. The number of rotatable bonds is 7. The van der Waals surface area contributed by atoms with Crippen molar-refractivity contribution in [2.75, 3.05) is 6.61 Å². The molecule has 0 aliphatic rings. The summed E-state index contributed by atoms with van der Waals surface area (Å²) in [4.78, 5) is 19.8. The Morgan fingerprint density at radius 1 is 1.15 bits per heavy atom. The van der Waals surface area contributed by atoms with Crippen LogP contribution in [0.4, 0.5) is 0 Å². The number of hydrogen-bond acceptors (Lipinski definition) is 4. The standard InChI is InChI=1S/C28H27N3O3/c1-18(2)34-27-24(22(17-32)14-21-16-31-26-8-4-3-7-23(21)26)12-20(13-25(27)28(29)33)10-9-19-6-5-11-30-15-19/h3-8,11-13,15-16,18,22,31-32H,14,17H2,1-2H3,(H2,29,33)/t22-/m0/s1. The summed E-state index contributed by atoms with van der Waals surface area (Å²) < 4.78 is 6.07. The van der Waals surface area contributed by atoms with Crippen LogP contribution in [-0.2, 0) is 6.42 Å². The number of amides is 1. The van der Waals surface area contributed by atoms with Gasteiger partial charge in [-0.1, -0.05) is 30.0 Å². The van der Waals surface area contributed by atoms with E-state index in [1.54, 1.807) is 18.5 Å². The van der Waals surface area contributed by atoms with Crippen LogP contribution < -0.4 is 10.5 Å². The molecule has 4 rings (SSSR count). The molecule has 0 unspecified atom stereocenters. The SMILES string of the molecule is CC(C)Oc1c(C(N)=O)cc(C#Cc2cccnc2)cc1[C@H](CO)Cc1c[nH]c2ccccc12. The molecular formula is C28H27N3O3. The van der Waals surface area contributed by atoms with Crippen LogP contribution >= 0.6 is 0 Å². The highest BCUT2D eigenvalue weighted by Gasteiger charge is 2.24. The maximum Gasteiger partial charge on any atom is 0.252 e. The predicted octanol–water partition coefficient (Wildman–Crippen LogP) is 4.17. The molecule has 0 radical (unpaired) electrons. The number of aromatic nitrogens is 2. The minimum atomic E-state index is -0.606. The minimum absolute atomic E-state index is 0.133. The molecule has 2 aromatic heterocycles. The average molecular weight is 454 g/mol. The number of carbonyl (C=O) groups is 1. The molecule has 0 fully saturated rings. The molecule has 172 valence electrons. The molecule has 0 saturated carbocycles. The van der Waals surface area contributed by atoms with Crippen LogP contribution in [0.1, 0.15) is 52.4 Å². The molecule has 0 bridgehead atoms. The predicted molar refractivity (Wildman–Crippen MR) is 133 cm³/mol. The lowest BCUT2D eigenvalue weighted by Crippen LogP contribution is -2.19. The molecule has 1 amide bonds. The first-order valence-corrected chi connectivity index (χ1v) is 11.2. The van der Waals surface area contributed by atoms with Crippen molar-refractivity contribution in [3.8, 4) is 17.6 Å². The van der Waals surface area contributed by atoms with Crippen molar-refractivity contribution < 1.29 is 14.6 Å². The number of nitrogens with one attached hydrogen (secondary N) is 1. The zero-order chi connectivity index (χ0) is 24.1. The molecule has 0 saturated heterocycles. The zero-order valence-corrected chi connectivity index (χ0v) is 19.2. The van der Waals surface area contributed by atoms with Gasteiger partial charge in [-0.05, 0) is 56.2 Å². The number of benzene rings is 2. The van der Waals surface area contributed by atoms with Crippen LogP contribution in [-0.4, -0.2) is 33.7 Å². The van der Waals surface area contributed by atoms with Crippen LogP contribution in [0.5, 0.6) is 5.75 Å². The molecule has 2 aromatic carbocycles. The molecule has 4 N–H and O–H groups in total. The van der Waals surface area contributed by atoms with Crippen molar-refractivity contribution in [2.24, 2.45) is 5.73 Å². The number of para-hydroxylation sites is 1. The number of aromatic amines is 1. The van der Waals surface area contributed by atoms with E-state index in [1.807, 2.05) is 62.5 Å². The van der Waals surface area contributed by atoms with E-state index in [-0.39, 0.29) is 24.2 Å². The van der Waals surface area contributed by atoms with E-state index in [0.29, 0.717) is 23.3 Å². The van der Waals surface area contributed by atoms with E-state index in [9.17, 15) is 9.90 Å². The number of nitrogens with zero attached hydrogens (tertiary/aromatic N) is 1. The van der Waals surface area contributed by atoms with Crippen LogP contribution in [0.15, 0.2) is 67.1 Å². The average Bonchev–Trinajstić information content (AvgIpc) is 3.24. The van der Waals surface area contributed by atoms with E-state index in [0.717, 1.165) is 22.0 Å². The van der Waals surface area contributed by atoms with Gasteiger partial charge in [-0.25, -0.2) is 0 Å². The van der Waals surface area contributed by atoms with Crippen LogP contribution in [0.2, 0.25) is 0 Å². The molecule has 1 atom stereocenters. The highest BCUT2D eigenvalue weighted by molar-refractivity contribution is 5.96. The Bertz CT molecular complexity index is 1360. The fourth-order valence-electron chi connectivity index (χ4n) is 4.00. The van der Waals surface area contributed by atoms with Gasteiger partial charge >= 0.3 is 0 Å². The summed E-state index contributed by atoms with van der Waals surface area (Å²) in [6.07, 6.45) is 5.68. The molecule has 0 spiro atoms. The van der Waals surface area contributed by atoms with Crippen molar-refractivity contribution in [1.82, 2.24) is 9.97 Å². The van der Waals surface area contributed by atoms with E-state index in [2.05, 4.69) is 21.8 Å². The number of ether oxygens (including phenoxy) is 1. The number of nitrogens with two attached hydrogens (primary N) is 1. The quantitative estimate of drug-likeness (QED) is 0.366. The van der Waals surface area contributed by atoms with Gasteiger partial charge < -0.3 is 20.6 Å². The highest BCUT2D eigenvalue weighted by atomic mass is 16.5. The Hall–Kier alpha value is -4.08. The molecule has 34 heavy (non-hydrogen) atoms. The fraction of sp³-hybridized carbons (Fsp3) is 0.214. The summed E-state index contributed by atoms with van der Waals surface area (Å²) in [6.45, 7) is 3.64. The number of primary amides is 1. The monoisotopic (exact) mass is 453 g/mol. The lowest BCUT2D eigenvalue weighted by molar-refractivity contribution is 0.0994. The smallest absolute Gasteiger partial charge is 0.252 e. The molecule has 2 heterocycles. The molecule has 6 heteroatoms. The highest BCUT2D eigenvalue weighted by Crippen LogP contribution is 2.35. The van der Waals surface area contributed by atoms with Gasteiger partial charge in [-0.3, -0.25) is 9.78 Å². The second kappa shape index (κ2) is 10.2. The van der Waals surface area contributed by atoms with Crippen molar-refractivity contribution >= 4 is 16.8 Å². The van der Waals surface area contributed by atoms with Gasteiger partial charge in [-0.2, -0.15) is 0 Å². The van der Waals surface area contributed by atoms with Gasteiger partial charge in [0.2, 0.25) is 0 Å². The summed E-state index contributed by atoms with van der Waals surface area (Å²) in [6, 6.07) is 15.2. The van der Waals surface area contributed by atoms with E-state index in [4.69, 9.17) is 10.5 Å². The maximum absolute atomic E-state index is 12.4. The molecule has 4 aromatic rings. The molecule has 0 aliphatic heterocycles. The third kappa shape index (κ3) is 5.11. The Labute approximate surface area is 198 Å². The molecular weight excluding hydrogens is 426 g/mol. The summed E-state index contributed by atoms with van der Waals surface area (Å²) >= 11 is 0. The third-order valence-electron chi connectivity index (χ3n) is 5.55. The number of pyridine rings is 1. The largest absolute Gasteiger partial charge is 0.490 e. The maximum atomic E-state index is 12.4. The first-order chi connectivity index (χ1) is 16.5. The van der Waals surface area contributed by atoms with Gasteiger partial charge in [0.05, 0.1) is 18.3 Å². The van der Waals surface area contributed by atoms with Gasteiger partial charge in [0.1, 0.15) is 5.75 Å². The second-order valence-electron chi connectivity index (χ2n) is 8.41. The Morgan fingerprint density at radius 2 is 1.94 bits per heavy atom. The number of H-pyrrole nitrogens is 1. The van der Waals surface area contributed by atoms with Crippen LogP contribution in [0.25, 0.3) is 10.9 Å². The first kappa shape index (κ1) is 23.1. The van der Waals surface area contributed by atoms with Crippen molar-refractivity contribution in [1.29, 1.82) is 0 Å². The van der Waals surface area contributed by atoms with Gasteiger partial charge in [0.15, 0.2) is 0 Å². The van der Waals surface area contributed by atoms with Gasteiger partial charge in [0.25, 0.3) is 5.91 Å². The molecule has 6 nitrogen and oxygen atoms in total. The van der Waals surface area contributed by atoms with E-state index >= 15 is 0 Å². The van der Waals surface area contributed by atoms with E-state index in [1.165, 1.54) is 0 Å². The van der Waals surface area contributed by atoms with Crippen LogP contribution in [0.3, 0.4) is 0 Å². The van der Waals surface area contributed by atoms with Crippen LogP contribution in [0, 0.1) is 11.8 Å². The summed E-state index contributed by atoms with van der Waals surface area (Å²) in [5, 5.41) is 11.5. The summed E-state index contributed by atoms with van der Waals surface area (Å²) in [7, 11) is 0. The Morgan fingerprint density at radius 3 is 2.65 bits per heavy atom. The minimum Gasteiger partial charge on any atom is -0.490 e. The fourth-order valence-corrected chi connectivity index (χ4v) is 4.00. The van der Waals surface area contributed by atoms with Crippen molar-refractivity contribution in [2.45, 2.75) is 32.3 Å². The number of carbonyl (C=O) groups excluding carboxylic acids is 1. The second-order valence-corrected chi connectivity index (χ2v) is 8.41. The number of aliphatic hydroxyl groups excluding tert-OH is 1. The Kier molecular flexibility index (Phi) is 6.95. The summed E-state index contributed by atoms with van der Waals surface area (Å²) in [5.74, 6) is 5.63. The van der Waals surface area contributed by atoms with Crippen molar-refractivity contribution in [3.05, 3.63) is 94.9 Å². The van der Waals surface area contributed by atoms with Crippen molar-refractivity contribution in [3.63, 3.8) is 0 Å². The number of hydrogen-bond donors (Lipinski definition) is 3.